The number of sulfonamides is 1. The summed E-state index contributed by atoms with van der Waals surface area (Å²) in [6.45, 7) is 3.04. The van der Waals surface area contributed by atoms with Crippen molar-refractivity contribution in [2.75, 3.05) is 6.26 Å². The molecule has 5 nitrogen and oxygen atoms in total. The van der Waals surface area contributed by atoms with E-state index in [-0.39, 0.29) is 6.04 Å². The number of nitrogens with zero attached hydrogens (tertiary/aromatic N) is 1. The Labute approximate surface area is 125 Å². The highest BCUT2D eigenvalue weighted by Gasteiger charge is 2.31. The minimum absolute atomic E-state index is 0.0429. The molecular weight excluding hydrogens is 294 g/mol. The molecule has 1 saturated carbocycles. The van der Waals surface area contributed by atoms with Crippen LogP contribution in [-0.4, -0.2) is 30.5 Å². The lowest BCUT2D eigenvalue weighted by atomic mass is 10.3. The Bertz CT molecular complexity index is 532. The van der Waals surface area contributed by atoms with E-state index in [1.54, 1.807) is 24.0 Å². The van der Waals surface area contributed by atoms with Gasteiger partial charge < -0.3 is 10.3 Å². The number of nitrogens with one attached hydrogen (secondary N) is 1. The van der Waals surface area contributed by atoms with Crippen LogP contribution in [0.3, 0.4) is 0 Å². The largest absolute Gasteiger partial charge is 0.349 e. The van der Waals surface area contributed by atoms with Crippen molar-refractivity contribution in [3.05, 3.63) is 18.0 Å². The van der Waals surface area contributed by atoms with Gasteiger partial charge in [0, 0.05) is 36.3 Å². The van der Waals surface area contributed by atoms with Crippen LogP contribution in [0.5, 0.6) is 0 Å². The SMILES string of the molecule is CCn1cc(S(=O)(=O)NC2CCCC2SC)cc1CN. The van der Waals surface area contributed by atoms with E-state index in [0.29, 0.717) is 16.7 Å². The lowest BCUT2D eigenvalue weighted by molar-refractivity contribution is 0.555. The van der Waals surface area contributed by atoms with E-state index >= 15 is 0 Å². The predicted octanol–water partition coefficient (Wildman–Crippen LogP) is 1.53. The van der Waals surface area contributed by atoms with Gasteiger partial charge in [0.05, 0.1) is 4.90 Å². The summed E-state index contributed by atoms with van der Waals surface area (Å²) in [6.07, 6.45) is 6.80. The first kappa shape index (κ1) is 15.9. The lowest BCUT2D eigenvalue weighted by Crippen LogP contribution is -2.38. The zero-order chi connectivity index (χ0) is 14.8. The number of aryl methyl sites for hydroxylation is 1. The van der Waals surface area contributed by atoms with Gasteiger partial charge in [0.15, 0.2) is 0 Å². The third-order valence-electron chi connectivity index (χ3n) is 3.88. The van der Waals surface area contributed by atoms with Crippen LogP contribution in [0.4, 0.5) is 0 Å². The minimum Gasteiger partial charge on any atom is -0.349 e. The molecule has 0 saturated heterocycles. The molecule has 0 bridgehead atoms. The van der Waals surface area contributed by atoms with E-state index in [9.17, 15) is 8.42 Å². The molecule has 2 atom stereocenters. The van der Waals surface area contributed by atoms with Crippen molar-refractivity contribution in [3.8, 4) is 0 Å². The second-order valence-corrected chi connectivity index (χ2v) is 7.88. The molecule has 2 unspecified atom stereocenters. The van der Waals surface area contributed by atoms with Crippen LogP contribution in [-0.2, 0) is 23.1 Å². The molecule has 1 aromatic rings. The van der Waals surface area contributed by atoms with E-state index < -0.39 is 10.0 Å². The molecule has 114 valence electrons. The number of aromatic nitrogens is 1. The number of hydrogen-bond donors (Lipinski definition) is 2. The van der Waals surface area contributed by atoms with Gasteiger partial charge in [-0.25, -0.2) is 13.1 Å². The molecule has 1 heterocycles. The minimum atomic E-state index is -3.45. The van der Waals surface area contributed by atoms with Crippen molar-refractivity contribution in [1.29, 1.82) is 0 Å². The van der Waals surface area contributed by atoms with E-state index in [4.69, 9.17) is 5.73 Å². The Morgan fingerprint density at radius 2 is 2.25 bits per heavy atom. The second-order valence-electron chi connectivity index (χ2n) is 5.09. The van der Waals surface area contributed by atoms with Crippen molar-refractivity contribution >= 4 is 21.8 Å². The molecule has 1 aromatic heterocycles. The first-order valence-corrected chi connectivity index (χ1v) is 9.73. The lowest BCUT2D eigenvalue weighted by Gasteiger charge is -2.18. The molecule has 0 radical (unpaired) electrons. The number of nitrogens with two attached hydrogens (primary N) is 1. The summed E-state index contributed by atoms with van der Waals surface area (Å²) in [5.41, 5.74) is 6.50. The van der Waals surface area contributed by atoms with Gasteiger partial charge in [0.1, 0.15) is 0 Å². The van der Waals surface area contributed by atoms with Crippen LogP contribution in [0.1, 0.15) is 31.9 Å². The van der Waals surface area contributed by atoms with Gasteiger partial charge >= 0.3 is 0 Å². The monoisotopic (exact) mass is 317 g/mol. The Hall–Kier alpha value is -0.500. The molecule has 1 fully saturated rings. The molecule has 1 aliphatic carbocycles. The van der Waals surface area contributed by atoms with Crippen molar-refractivity contribution < 1.29 is 8.42 Å². The summed E-state index contributed by atoms with van der Waals surface area (Å²) in [7, 11) is -3.45. The van der Waals surface area contributed by atoms with Crippen LogP contribution >= 0.6 is 11.8 Å². The average Bonchev–Trinajstić information content (AvgIpc) is 3.03. The first-order valence-electron chi connectivity index (χ1n) is 6.96. The molecule has 7 heteroatoms. The van der Waals surface area contributed by atoms with Crippen molar-refractivity contribution in [1.82, 2.24) is 9.29 Å². The summed E-state index contributed by atoms with van der Waals surface area (Å²) < 4.78 is 29.7. The molecule has 1 aliphatic rings. The van der Waals surface area contributed by atoms with Gasteiger partial charge in [-0.3, -0.25) is 0 Å². The molecule has 3 N–H and O–H groups in total. The van der Waals surface area contributed by atoms with Gasteiger partial charge in [-0.1, -0.05) is 6.42 Å². The normalized spacial score (nSPS) is 23.4. The summed E-state index contributed by atoms with van der Waals surface area (Å²) in [5, 5.41) is 0.381. The van der Waals surface area contributed by atoms with E-state index in [1.807, 2.05) is 17.7 Å². The first-order chi connectivity index (χ1) is 9.51. The number of rotatable bonds is 6. The van der Waals surface area contributed by atoms with Gasteiger partial charge in [-0.2, -0.15) is 11.8 Å². The van der Waals surface area contributed by atoms with Crippen LogP contribution in [0.15, 0.2) is 17.2 Å². The maximum Gasteiger partial charge on any atom is 0.242 e. The van der Waals surface area contributed by atoms with Crippen LogP contribution < -0.4 is 10.5 Å². The Morgan fingerprint density at radius 1 is 1.50 bits per heavy atom. The summed E-state index contributed by atoms with van der Waals surface area (Å²) in [6, 6.07) is 1.72. The van der Waals surface area contributed by atoms with Crippen LogP contribution in [0.25, 0.3) is 0 Å². The summed E-state index contributed by atoms with van der Waals surface area (Å²) in [5.74, 6) is 0. The van der Waals surface area contributed by atoms with Crippen LogP contribution in [0, 0.1) is 0 Å². The fourth-order valence-electron chi connectivity index (χ4n) is 2.75. The van der Waals surface area contributed by atoms with Crippen molar-refractivity contribution in [3.63, 3.8) is 0 Å². The standard InChI is InChI=1S/C13H23N3O2S2/c1-3-16-9-11(7-10(16)8-14)20(17,18)15-12-5-4-6-13(12)19-2/h7,9,12-13,15H,3-6,8,14H2,1-2H3. The number of hydrogen-bond acceptors (Lipinski definition) is 4. The molecular formula is C13H23N3O2S2. The summed E-state index contributed by atoms with van der Waals surface area (Å²) in [4.78, 5) is 0.326. The van der Waals surface area contributed by atoms with Gasteiger partial charge in [-0.05, 0) is 32.1 Å². The fraction of sp³-hybridized carbons (Fsp3) is 0.692. The topological polar surface area (TPSA) is 77.1 Å². The molecule has 0 aromatic carbocycles. The Morgan fingerprint density at radius 3 is 2.80 bits per heavy atom. The molecule has 20 heavy (non-hydrogen) atoms. The van der Waals surface area contributed by atoms with Gasteiger partial charge in [0.25, 0.3) is 0 Å². The zero-order valence-electron chi connectivity index (χ0n) is 12.0. The van der Waals surface area contributed by atoms with E-state index in [1.165, 1.54) is 0 Å². The summed E-state index contributed by atoms with van der Waals surface area (Å²) >= 11 is 1.74. The van der Waals surface area contributed by atoms with Gasteiger partial charge in [-0.15, -0.1) is 0 Å². The predicted molar refractivity (Wildman–Crippen MR) is 83.3 cm³/mol. The molecule has 2 rings (SSSR count). The van der Waals surface area contributed by atoms with E-state index in [0.717, 1.165) is 31.5 Å². The second kappa shape index (κ2) is 6.51. The Kier molecular flexibility index (Phi) is 5.17. The number of thioether (sulfide) groups is 1. The maximum absolute atomic E-state index is 12.5. The van der Waals surface area contributed by atoms with Crippen molar-refractivity contribution in [2.24, 2.45) is 5.73 Å². The third kappa shape index (κ3) is 3.21. The molecule has 0 amide bonds. The third-order valence-corrected chi connectivity index (χ3v) is 6.51. The molecule has 0 spiro atoms. The highest BCUT2D eigenvalue weighted by Crippen LogP contribution is 2.29. The highest BCUT2D eigenvalue weighted by atomic mass is 32.2. The smallest absolute Gasteiger partial charge is 0.242 e. The average molecular weight is 317 g/mol. The van der Waals surface area contributed by atoms with Crippen LogP contribution in [0.2, 0.25) is 0 Å². The maximum atomic E-state index is 12.5. The van der Waals surface area contributed by atoms with Crippen molar-refractivity contribution in [2.45, 2.75) is 55.5 Å². The quantitative estimate of drug-likeness (QED) is 0.834. The van der Waals surface area contributed by atoms with E-state index in [2.05, 4.69) is 4.72 Å². The highest BCUT2D eigenvalue weighted by molar-refractivity contribution is 7.99. The fourth-order valence-corrected chi connectivity index (χ4v) is 5.14. The van der Waals surface area contributed by atoms with Gasteiger partial charge in [0.2, 0.25) is 10.0 Å². The Balaban J connectivity index is 2.20. The molecule has 0 aliphatic heterocycles. The zero-order valence-corrected chi connectivity index (χ0v) is 13.6.